The number of aliphatic hydroxyl groups excluding tert-OH is 1. The summed E-state index contributed by atoms with van der Waals surface area (Å²) in [6.45, 7) is 5.66. The first-order valence-corrected chi connectivity index (χ1v) is 9.69. The van der Waals surface area contributed by atoms with Crippen LogP contribution in [-0.4, -0.2) is 55.5 Å². The predicted octanol–water partition coefficient (Wildman–Crippen LogP) is 1.27. The molecule has 0 atom stereocenters. The van der Waals surface area contributed by atoms with Crippen LogP contribution in [-0.2, 0) is 16.6 Å². The van der Waals surface area contributed by atoms with E-state index in [0.717, 1.165) is 36.0 Å². The van der Waals surface area contributed by atoms with Crippen molar-refractivity contribution in [3.63, 3.8) is 0 Å². The third-order valence-corrected chi connectivity index (χ3v) is 7.85. The average molecular weight is 330 g/mol. The van der Waals surface area contributed by atoms with Gasteiger partial charge in [-0.2, -0.15) is 4.31 Å². The fourth-order valence-corrected chi connectivity index (χ4v) is 5.74. The van der Waals surface area contributed by atoms with Crippen molar-refractivity contribution in [3.05, 3.63) is 16.5 Å². The highest BCUT2D eigenvalue weighted by Gasteiger charge is 2.32. The van der Waals surface area contributed by atoms with Crippen molar-refractivity contribution in [1.29, 1.82) is 0 Å². The number of piperazine rings is 1. The van der Waals surface area contributed by atoms with Gasteiger partial charge in [0.1, 0.15) is 4.21 Å². The van der Waals surface area contributed by atoms with Crippen LogP contribution in [0.2, 0.25) is 0 Å². The Bertz CT molecular complexity index is 600. The predicted molar refractivity (Wildman–Crippen MR) is 82.9 cm³/mol. The Kier molecular flexibility index (Phi) is 4.38. The standard InChI is InChI=1S/C14H22N2O3S2/c1-11-8-14(20-13(11)10-17)21(18,19)16-6-4-15(5-7-16)9-12-2-3-12/h8,12,17H,2-7,9-10H2,1H3. The Morgan fingerprint density at radius 1 is 1.29 bits per heavy atom. The van der Waals surface area contributed by atoms with Gasteiger partial charge in [-0.3, -0.25) is 0 Å². The van der Waals surface area contributed by atoms with Crippen LogP contribution in [0.15, 0.2) is 10.3 Å². The van der Waals surface area contributed by atoms with E-state index in [1.165, 1.54) is 24.2 Å². The van der Waals surface area contributed by atoms with Gasteiger partial charge in [0.15, 0.2) is 0 Å². The van der Waals surface area contributed by atoms with E-state index < -0.39 is 10.0 Å². The van der Waals surface area contributed by atoms with Crippen molar-refractivity contribution in [1.82, 2.24) is 9.21 Å². The largest absolute Gasteiger partial charge is 0.391 e. The van der Waals surface area contributed by atoms with Crippen LogP contribution in [0.25, 0.3) is 0 Å². The molecule has 0 amide bonds. The molecule has 7 heteroatoms. The molecule has 0 bridgehead atoms. The SMILES string of the molecule is Cc1cc(S(=O)(=O)N2CCN(CC3CC3)CC2)sc1CO. The van der Waals surface area contributed by atoms with Gasteiger partial charge < -0.3 is 10.0 Å². The maximum absolute atomic E-state index is 12.6. The monoisotopic (exact) mass is 330 g/mol. The zero-order chi connectivity index (χ0) is 15.0. The number of thiophene rings is 1. The van der Waals surface area contributed by atoms with Gasteiger partial charge in [0.05, 0.1) is 6.61 Å². The maximum atomic E-state index is 12.6. The van der Waals surface area contributed by atoms with E-state index in [0.29, 0.717) is 17.3 Å². The number of hydrogen-bond acceptors (Lipinski definition) is 5. The third-order valence-electron chi connectivity index (χ3n) is 4.28. The number of nitrogens with zero attached hydrogens (tertiary/aromatic N) is 2. The number of aliphatic hydroxyl groups is 1. The van der Waals surface area contributed by atoms with Gasteiger partial charge in [-0.25, -0.2) is 8.42 Å². The molecule has 1 aliphatic carbocycles. The lowest BCUT2D eigenvalue weighted by molar-refractivity contribution is 0.182. The molecule has 0 spiro atoms. The van der Waals surface area contributed by atoms with Crippen molar-refractivity contribution >= 4 is 21.4 Å². The van der Waals surface area contributed by atoms with Crippen molar-refractivity contribution in [2.75, 3.05) is 32.7 Å². The molecule has 5 nitrogen and oxygen atoms in total. The van der Waals surface area contributed by atoms with Crippen LogP contribution in [0.3, 0.4) is 0 Å². The maximum Gasteiger partial charge on any atom is 0.252 e. The van der Waals surface area contributed by atoms with Gasteiger partial charge >= 0.3 is 0 Å². The highest BCUT2D eigenvalue weighted by molar-refractivity contribution is 7.91. The zero-order valence-electron chi connectivity index (χ0n) is 12.3. The van der Waals surface area contributed by atoms with Crippen LogP contribution in [0.5, 0.6) is 0 Å². The third kappa shape index (κ3) is 3.32. The Balaban J connectivity index is 1.67. The normalized spacial score (nSPS) is 21.8. The number of sulfonamides is 1. The smallest absolute Gasteiger partial charge is 0.252 e. The lowest BCUT2D eigenvalue weighted by Gasteiger charge is -2.33. The van der Waals surface area contributed by atoms with Crippen molar-refractivity contribution in [3.8, 4) is 0 Å². The molecule has 1 saturated carbocycles. The summed E-state index contributed by atoms with van der Waals surface area (Å²) in [5.74, 6) is 0.847. The molecule has 118 valence electrons. The summed E-state index contributed by atoms with van der Waals surface area (Å²) in [5, 5.41) is 9.23. The highest BCUT2D eigenvalue weighted by atomic mass is 32.2. The molecular weight excluding hydrogens is 308 g/mol. The van der Waals surface area contributed by atoms with E-state index in [1.54, 1.807) is 10.4 Å². The molecule has 2 heterocycles. The lowest BCUT2D eigenvalue weighted by atomic mass is 10.3. The van der Waals surface area contributed by atoms with Crippen LogP contribution >= 0.6 is 11.3 Å². The van der Waals surface area contributed by atoms with Crippen LogP contribution in [0, 0.1) is 12.8 Å². The average Bonchev–Trinajstić information content (AvgIpc) is 3.19. The van der Waals surface area contributed by atoms with E-state index in [2.05, 4.69) is 4.90 Å². The molecule has 0 aromatic carbocycles. The Morgan fingerprint density at radius 3 is 2.48 bits per heavy atom. The molecule has 1 aliphatic heterocycles. The molecule has 0 unspecified atom stereocenters. The van der Waals surface area contributed by atoms with Gasteiger partial charge in [0.25, 0.3) is 10.0 Å². The van der Waals surface area contributed by atoms with Gasteiger partial charge in [-0.05, 0) is 37.3 Å². The quantitative estimate of drug-likeness (QED) is 0.883. The Hall–Kier alpha value is -0.470. The minimum absolute atomic E-state index is 0.0960. The van der Waals surface area contributed by atoms with Crippen molar-refractivity contribution in [2.24, 2.45) is 5.92 Å². The van der Waals surface area contributed by atoms with Gasteiger partial charge in [-0.1, -0.05) is 0 Å². The summed E-state index contributed by atoms with van der Waals surface area (Å²) < 4.78 is 27.2. The minimum Gasteiger partial charge on any atom is -0.391 e. The molecule has 1 saturated heterocycles. The lowest BCUT2D eigenvalue weighted by Crippen LogP contribution is -2.48. The minimum atomic E-state index is -3.40. The fourth-order valence-electron chi connectivity index (χ4n) is 2.72. The van der Waals surface area contributed by atoms with Crippen LogP contribution < -0.4 is 0 Å². The Morgan fingerprint density at radius 2 is 1.95 bits per heavy atom. The number of hydrogen-bond donors (Lipinski definition) is 1. The summed E-state index contributed by atoms with van der Waals surface area (Å²) in [7, 11) is -3.40. The molecule has 1 aromatic rings. The summed E-state index contributed by atoms with van der Waals surface area (Å²) in [6.07, 6.45) is 2.66. The molecule has 1 aromatic heterocycles. The van der Waals surface area contributed by atoms with Crippen LogP contribution in [0.1, 0.15) is 23.3 Å². The summed E-state index contributed by atoms with van der Waals surface area (Å²) in [5.41, 5.74) is 0.855. The molecule has 21 heavy (non-hydrogen) atoms. The second-order valence-corrected chi connectivity index (χ2v) is 9.28. The van der Waals surface area contributed by atoms with Gasteiger partial charge in [0.2, 0.25) is 0 Å². The van der Waals surface area contributed by atoms with E-state index in [1.807, 2.05) is 6.92 Å². The molecule has 3 rings (SSSR count). The Labute approximate surface area is 130 Å². The van der Waals surface area contributed by atoms with Crippen LogP contribution in [0.4, 0.5) is 0 Å². The van der Waals surface area contributed by atoms with Crippen molar-refractivity contribution < 1.29 is 13.5 Å². The topological polar surface area (TPSA) is 60.9 Å². The zero-order valence-corrected chi connectivity index (χ0v) is 13.9. The first-order valence-electron chi connectivity index (χ1n) is 7.43. The molecule has 2 aliphatic rings. The summed E-state index contributed by atoms with van der Waals surface area (Å²) in [6, 6.07) is 1.68. The van der Waals surface area contributed by atoms with Gasteiger partial charge in [0, 0.05) is 37.6 Å². The highest BCUT2D eigenvalue weighted by Crippen LogP contribution is 2.31. The van der Waals surface area contributed by atoms with E-state index in [-0.39, 0.29) is 6.61 Å². The number of aryl methyl sites for hydroxylation is 1. The second kappa shape index (κ2) is 5.96. The molecule has 2 fully saturated rings. The second-order valence-electron chi connectivity index (χ2n) is 5.98. The number of rotatable bonds is 5. The molecule has 0 radical (unpaired) electrons. The van der Waals surface area contributed by atoms with Gasteiger partial charge in [-0.15, -0.1) is 11.3 Å². The first kappa shape index (κ1) is 15.4. The summed E-state index contributed by atoms with van der Waals surface area (Å²) in [4.78, 5) is 3.11. The van der Waals surface area contributed by atoms with E-state index >= 15 is 0 Å². The fraction of sp³-hybridized carbons (Fsp3) is 0.714. The van der Waals surface area contributed by atoms with E-state index in [9.17, 15) is 13.5 Å². The first-order chi connectivity index (χ1) is 10.0. The van der Waals surface area contributed by atoms with E-state index in [4.69, 9.17) is 0 Å². The molecule has 1 N–H and O–H groups in total. The van der Waals surface area contributed by atoms with Crippen molar-refractivity contribution in [2.45, 2.75) is 30.6 Å². The summed E-state index contributed by atoms with van der Waals surface area (Å²) >= 11 is 1.19. The molecular formula is C14H22N2O3S2.